The molecule has 1 aromatic rings. The van der Waals surface area contributed by atoms with Crippen molar-refractivity contribution in [3.8, 4) is 0 Å². The first kappa shape index (κ1) is 13.8. The van der Waals surface area contributed by atoms with Gasteiger partial charge in [-0.25, -0.2) is 18.4 Å². The highest BCUT2D eigenvalue weighted by atomic mass is 32.2. The van der Waals surface area contributed by atoms with Crippen molar-refractivity contribution in [3.05, 3.63) is 12.4 Å². The molecule has 2 heterocycles. The van der Waals surface area contributed by atoms with E-state index in [1.165, 1.54) is 18.8 Å². The summed E-state index contributed by atoms with van der Waals surface area (Å²) < 4.78 is 27.2. The van der Waals surface area contributed by atoms with Gasteiger partial charge in [0, 0.05) is 12.6 Å². The Bertz CT molecular complexity index is 571. The molecule has 0 aromatic carbocycles. The molecule has 0 amide bonds. The summed E-state index contributed by atoms with van der Waals surface area (Å²) in [7, 11) is -3.50. The van der Waals surface area contributed by atoms with Gasteiger partial charge in [0.15, 0.2) is 0 Å². The van der Waals surface area contributed by atoms with E-state index in [4.69, 9.17) is 5.73 Å². The van der Waals surface area contributed by atoms with E-state index in [0.717, 1.165) is 32.1 Å². The Labute approximate surface area is 119 Å². The minimum absolute atomic E-state index is 0.0955. The monoisotopic (exact) mass is 296 g/mol. The highest BCUT2D eigenvalue weighted by molar-refractivity contribution is 7.89. The maximum Gasteiger partial charge on any atom is 0.246 e. The normalized spacial score (nSPS) is 28.0. The fraction of sp³-hybridized carbons (Fsp3) is 0.692. The van der Waals surface area contributed by atoms with Gasteiger partial charge in [-0.05, 0) is 31.6 Å². The summed E-state index contributed by atoms with van der Waals surface area (Å²) in [5.74, 6) is 0.611. The number of anilines is 1. The molecular weight excluding hydrogens is 276 g/mol. The third-order valence-corrected chi connectivity index (χ3v) is 6.32. The van der Waals surface area contributed by atoms with Crippen LogP contribution < -0.4 is 5.73 Å². The van der Waals surface area contributed by atoms with Crippen molar-refractivity contribution in [2.75, 3.05) is 12.3 Å². The smallest absolute Gasteiger partial charge is 0.246 e. The number of sulfonamides is 1. The van der Waals surface area contributed by atoms with E-state index in [9.17, 15) is 8.42 Å². The van der Waals surface area contributed by atoms with Crippen molar-refractivity contribution in [2.24, 2.45) is 5.92 Å². The molecule has 7 heteroatoms. The van der Waals surface area contributed by atoms with E-state index < -0.39 is 10.0 Å². The molecule has 6 nitrogen and oxygen atoms in total. The summed E-state index contributed by atoms with van der Waals surface area (Å²) in [5.41, 5.74) is 5.42. The van der Waals surface area contributed by atoms with Crippen molar-refractivity contribution in [1.82, 2.24) is 14.3 Å². The first-order valence-corrected chi connectivity index (χ1v) is 8.62. The summed E-state index contributed by atoms with van der Waals surface area (Å²) in [6.07, 6.45) is 9.17. The van der Waals surface area contributed by atoms with Gasteiger partial charge in [0.1, 0.15) is 4.90 Å². The van der Waals surface area contributed by atoms with E-state index in [2.05, 4.69) is 9.97 Å². The van der Waals surface area contributed by atoms with Crippen molar-refractivity contribution in [2.45, 2.75) is 49.5 Å². The number of nitrogens with two attached hydrogens (primary N) is 1. The molecule has 0 spiro atoms. The van der Waals surface area contributed by atoms with Crippen molar-refractivity contribution in [3.63, 3.8) is 0 Å². The standard InChI is InChI=1S/C13H20N4O2S/c14-13-15-8-11(9-16-13)20(18,19)17-7-3-5-10-4-1-2-6-12(10)17/h8-10,12H,1-7H2,(H2,14,15,16)/t10-,12-/m1/s1. The lowest BCUT2D eigenvalue weighted by molar-refractivity contribution is 0.129. The Morgan fingerprint density at radius 2 is 1.75 bits per heavy atom. The molecule has 2 N–H and O–H groups in total. The number of hydrogen-bond acceptors (Lipinski definition) is 5. The molecule has 20 heavy (non-hydrogen) atoms. The van der Waals surface area contributed by atoms with Crippen LogP contribution in [0.1, 0.15) is 38.5 Å². The molecule has 0 bridgehead atoms. The van der Waals surface area contributed by atoms with Crippen LogP contribution in [0.2, 0.25) is 0 Å². The Kier molecular flexibility index (Phi) is 3.64. The van der Waals surface area contributed by atoms with E-state index in [0.29, 0.717) is 12.5 Å². The fourth-order valence-electron chi connectivity index (χ4n) is 3.47. The molecule has 0 unspecified atom stereocenters. The van der Waals surface area contributed by atoms with Crippen LogP contribution >= 0.6 is 0 Å². The molecule has 0 radical (unpaired) electrons. The molecule has 3 rings (SSSR count). The number of nitrogens with zero attached hydrogens (tertiary/aromatic N) is 3. The van der Waals surface area contributed by atoms with E-state index in [1.54, 1.807) is 4.31 Å². The largest absolute Gasteiger partial charge is 0.368 e. The second kappa shape index (κ2) is 5.29. The van der Waals surface area contributed by atoms with Crippen molar-refractivity contribution < 1.29 is 8.42 Å². The van der Waals surface area contributed by atoms with Gasteiger partial charge in [0.05, 0.1) is 12.4 Å². The highest BCUT2D eigenvalue weighted by Crippen LogP contribution is 2.37. The van der Waals surface area contributed by atoms with Gasteiger partial charge in [-0.3, -0.25) is 0 Å². The van der Waals surface area contributed by atoms with Crippen LogP contribution in [-0.4, -0.2) is 35.3 Å². The number of nitrogen functional groups attached to an aromatic ring is 1. The van der Waals surface area contributed by atoms with Crippen LogP contribution in [0.25, 0.3) is 0 Å². The fourth-order valence-corrected chi connectivity index (χ4v) is 5.12. The zero-order valence-electron chi connectivity index (χ0n) is 11.4. The number of aromatic nitrogens is 2. The molecule has 2 fully saturated rings. The zero-order chi connectivity index (χ0) is 14.2. The van der Waals surface area contributed by atoms with Crippen LogP contribution in [0, 0.1) is 5.92 Å². The summed E-state index contributed by atoms with van der Waals surface area (Å²) >= 11 is 0. The second-order valence-corrected chi connectivity index (χ2v) is 7.54. The Morgan fingerprint density at radius 3 is 2.50 bits per heavy atom. The summed E-state index contributed by atoms with van der Waals surface area (Å²) in [6.45, 7) is 0.605. The zero-order valence-corrected chi connectivity index (χ0v) is 12.2. The molecule has 2 atom stereocenters. The molecule has 2 aliphatic rings. The summed E-state index contributed by atoms with van der Waals surface area (Å²) in [4.78, 5) is 7.76. The van der Waals surface area contributed by atoms with Gasteiger partial charge in [0.2, 0.25) is 16.0 Å². The molecule has 110 valence electrons. The first-order chi connectivity index (χ1) is 9.59. The number of fused-ring (bicyclic) bond motifs is 1. The van der Waals surface area contributed by atoms with Crippen LogP contribution in [0.15, 0.2) is 17.3 Å². The van der Waals surface area contributed by atoms with E-state index in [-0.39, 0.29) is 16.9 Å². The molecule has 1 aliphatic heterocycles. The molecule has 1 aliphatic carbocycles. The lowest BCUT2D eigenvalue weighted by Gasteiger charge is -2.43. The third kappa shape index (κ3) is 2.40. The maximum atomic E-state index is 12.8. The highest BCUT2D eigenvalue weighted by Gasteiger charge is 2.40. The van der Waals surface area contributed by atoms with Gasteiger partial charge >= 0.3 is 0 Å². The Hall–Kier alpha value is -1.21. The van der Waals surface area contributed by atoms with Crippen molar-refractivity contribution >= 4 is 16.0 Å². The third-order valence-electron chi connectivity index (χ3n) is 4.45. The molecule has 1 saturated carbocycles. The Balaban J connectivity index is 1.91. The predicted octanol–water partition coefficient (Wildman–Crippen LogP) is 1.40. The van der Waals surface area contributed by atoms with Gasteiger partial charge < -0.3 is 5.73 Å². The van der Waals surface area contributed by atoms with Gasteiger partial charge in [-0.1, -0.05) is 12.8 Å². The summed E-state index contributed by atoms with van der Waals surface area (Å²) in [5, 5.41) is 0. The number of piperidine rings is 1. The maximum absolute atomic E-state index is 12.8. The minimum atomic E-state index is -3.50. The number of rotatable bonds is 2. The number of hydrogen-bond donors (Lipinski definition) is 1. The van der Waals surface area contributed by atoms with Crippen molar-refractivity contribution in [1.29, 1.82) is 0 Å². The average molecular weight is 296 g/mol. The van der Waals surface area contributed by atoms with Crippen LogP contribution in [-0.2, 0) is 10.0 Å². The van der Waals surface area contributed by atoms with E-state index >= 15 is 0 Å². The predicted molar refractivity (Wildman–Crippen MR) is 75.3 cm³/mol. The molecular formula is C13H20N4O2S. The average Bonchev–Trinajstić information content (AvgIpc) is 2.47. The minimum Gasteiger partial charge on any atom is -0.368 e. The first-order valence-electron chi connectivity index (χ1n) is 7.18. The quantitative estimate of drug-likeness (QED) is 0.891. The van der Waals surface area contributed by atoms with E-state index in [1.807, 2.05) is 0 Å². The lowest BCUT2D eigenvalue weighted by atomic mass is 9.79. The van der Waals surface area contributed by atoms with Gasteiger partial charge in [0.25, 0.3) is 0 Å². The lowest BCUT2D eigenvalue weighted by Crippen LogP contribution is -2.49. The molecule has 1 saturated heterocycles. The molecule has 1 aromatic heterocycles. The topological polar surface area (TPSA) is 89.2 Å². The van der Waals surface area contributed by atoms with Crippen LogP contribution in [0.4, 0.5) is 5.95 Å². The summed E-state index contributed by atoms with van der Waals surface area (Å²) in [6, 6.07) is 0.153. The van der Waals surface area contributed by atoms with Crippen LogP contribution in [0.3, 0.4) is 0 Å². The van der Waals surface area contributed by atoms with Gasteiger partial charge in [-0.15, -0.1) is 0 Å². The second-order valence-electron chi connectivity index (χ2n) is 5.65. The Morgan fingerprint density at radius 1 is 1.10 bits per heavy atom. The SMILES string of the molecule is Nc1ncc(S(=O)(=O)N2CCC[C@H]3CCCC[C@H]32)cn1. The van der Waals surface area contributed by atoms with Crippen LogP contribution in [0.5, 0.6) is 0 Å². The van der Waals surface area contributed by atoms with Gasteiger partial charge in [-0.2, -0.15) is 4.31 Å².